The second-order valence-corrected chi connectivity index (χ2v) is 8.36. The lowest BCUT2D eigenvalue weighted by atomic mass is 10.0. The minimum absolute atomic E-state index is 0.276. The number of anilines is 2. The van der Waals surface area contributed by atoms with Gasteiger partial charge >= 0.3 is 0 Å². The van der Waals surface area contributed by atoms with Crippen LogP contribution in [0.3, 0.4) is 0 Å². The molecule has 34 heavy (non-hydrogen) atoms. The monoisotopic (exact) mass is 450 g/mol. The van der Waals surface area contributed by atoms with E-state index in [1.54, 1.807) is 6.07 Å². The molecule has 1 aliphatic rings. The minimum Gasteiger partial charge on any atom is -0.385 e. The van der Waals surface area contributed by atoms with Gasteiger partial charge in [0.25, 0.3) is 0 Å². The Balaban J connectivity index is 1.54. The lowest BCUT2D eigenvalue weighted by Crippen LogP contribution is -2.30. The van der Waals surface area contributed by atoms with Crippen LogP contribution in [0.1, 0.15) is 36.2 Å². The molecular weight excluding hydrogens is 423 g/mol. The van der Waals surface area contributed by atoms with E-state index in [1.807, 2.05) is 36.4 Å². The molecule has 1 atom stereocenters. The van der Waals surface area contributed by atoms with E-state index in [-0.39, 0.29) is 12.0 Å². The summed E-state index contributed by atoms with van der Waals surface area (Å²) < 4.78 is 14.1. The molecule has 0 saturated heterocycles. The van der Waals surface area contributed by atoms with Gasteiger partial charge in [-0.25, -0.2) is 9.38 Å². The maximum absolute atomic E-state index is 14.1. The molecular formula is C29H27FN4. The quantitative estimate of drug-likeness (QED) is 0.298. The van der Waals surface area contributed by atoms with Crippen LogP contribution in [0.4, 0.5) is 15.8 Å². The predicted molar refractivity (Wildman–Crippen MR) is 141 cm³/mol. The highest BCUT2D eigenvalue weighted by Crippen LogP contribution is 2.33. The van der Waals surface area contributed by atoms with Gasteiger partial charge in [0.05, 0.1) is 0 Å². The summed E-state index contributed by atoms with van der Waals surface area (Å²) in [6.45, 7) is 7.12. The molecule has 4 aromatic carbocycles. The van der Waals surface area contributed by atoms with Crippen LogP contribution in [-0.2, 0) is 0 Å². The largest absolute Gasteiger partial charge is 0.385 e. The molecule has 1 aliphatic heterocycles. The molecule has 0 amide bonds. The van der Waals surface area contributed by atoms with Crippen molar-refractivity contribution in [1.82, 2.24) is 5.32 Å². The van der Waals surface area contributed by atoms with E-state index in [0.29, 0.717) is 17.1 Å². The average molecular weight is 451 g/mol. The van der Waals surface area contributed by atoms with E-state index in [1.165, 1.54) is 17.5 Å². The van der Waals surface area contributed by atoms with Gasteiger partial charge in [-0.1, -0.05) is 68.1 Å². The molecule has 0 aliphatic carbocycles. The first kappa shape index (κ1) is 21.7. The fourth-order valence-corrected chi connectivity index (χ4v) is 4.32. The molecule has 1 heterocycles. The van der Waals surface area contributed by atoms with E-state index >= 15 is 0 Å². The Kier molecular flexibility index (Phi) is 6.00. The molecule has 0 aromatic heterocycles. The van der Waals surface area contributed by atoms with Crippen LogP contribution in [0.25, 0.3) is 16.5 Å². The van der Waals surface area contributed by atoms with Crippen molar-refractivity contribution < 1.29 is 4.39 Å². The summed E-state index contributed by atoms with van der Waals surface area (Å²) in [6, 6.07) is 27.3. The number of aliphatic imine (C=N–C) groups is 1. The summed E-state index contributed by atoms with van der Waals surface area (Å²) in [5.74, 6) is 0.393. The number of rotatable bonds is 6. The van der Waals surface area contributed by atoms with Crippen LogP contribution in [0.2, 0.25) is 0 Å². The normalized spacial score (nSPS) is 14.6. The van der Waals surface area contributed by atoms with Gasteiger partial charge in [0.2, 0.25) is 0 Å². The zero-order chi connectivity index (χ0) is 23.5. The van der Waals surface area contributed by atoms with Crippen molar-refractivity contribution in [3.05, 3.63) is 114 Å². The summed E-state index contributed by atoms with van der Waals surface area (Å²) in [6.07, 6.45) is 0.691. The topological polar surface area (TPSA) is 48.5 Å². The lowest BCUT2D eigenvalue weighted by Gasteiger charge is -2.28. The van der Waals surface area contributed by atoms with Gasteiger partial charge in [0, 0.05) is 40.3 Å². The zero-order valence-corrected chi connectivity index (χ0v) is 19.1. The first-order valence-corrected chi connectivity index (χ1v) is 11.5. The first-order chi connectivity index (χ1) is 16.6. The fraction of sp³-hybridized carbons (Fsp3) is 0.138. The van der Waals surface area contributed by atoms with Gasteiger partial charge in [0.15, 0.2) is 0 Å². The number of nitrogens with zero attached hydrogens (tertiary/aromatic N) is 1. The van der Waals surface area contributed by atoms with Crippen molar-refractivity contribution in [1.29, 1.82) is 0 Å². The van der Waals surface area contributed by atoms with Gasteiger partial charge in [-0.05, 0) is 47.5 Å². The van der Waals surface area contributed by atoms with Crippen LogP contribution >= 0.6 is 0 Å². The van der Waals surface area contributed by atoms with E-state index < -0.39 is 0 Å². The number of fused-ring (bicyclic) bond motifs is 2. The van der Waals surface area contributed by atoms with Crippen molar-refractivity contribution in [3.63, 3.8) is 0 Å². The number of nitrogens with one attached hydrogen (secondary N) is 3. The number of amidine groups is 1. The van der Waals surface area contributed by atoms with E-state index in [2.05, 4.69) is 59.8 Å². The highest BCUT2D eigenvalue weighted by molar-refractivity contribution is 6.09. The molecule has 0 bridgehead atoms. The van der Waals surface area contributed by atoms with Crippen molar-refractivity contribution in [2.45, 2.75) is 19.5 Å². The van der Waals surface area contributed by atoms with Crippen LogP contribution in [0, 0.1) is 5.82 Å². The Morgan fingerprint density at radius 2 is 1.79 bits per heavy atom. The number of benzene rings is 4. The van der Waals surface area contributed by atoms with Gasteiger partial charge < -0.3 is 16.0 Å². The molecule has 5 rings (SSSR count). The van der Waals surface area contributed by atoms with Crippen molar-refractivity contribution in [3.8, 4) is 0 Å². The summed E-state index contributed by atoms with van der Waals surface area (Å²) in [7, 11) is 0. The van der Waals surface area contributed by atoms with Crippen molar-refractivity contribution in [2.75, 3.05) is 17.2 Å². The average Bonchev–Trinajstić information content (AvgIpc) is 2.87. The second-order valence-electron chi connectivity index (χ2n) is 8.36. The number of hydrogen-bond donors (Lipinski definition) is 3. The zero-order valence-electron chi connectivity index (χ0n) is 19.1. The molecule has 4 nitrogen and oxygen atoms in total. The summed E-state index contributed by atoms with van der Waals surface area (Å²) in [5.41, 5.74) is 5.13. The number of halogens is 1. The van der Waals surface area contributed by atoms with Gasteiger partial charge in [0.1, 0.15) is 17.8 Å². The third-order valence-corrected chi connectivity index (χ3v) is 5.99. The molecule has 4 aromatic rings. The summed E-state index contributed by atoms with van der Waals surface area (Å²) in [4.78, 5) is 5.04. The van der Waals surface area contributed by atoms with E-state index in [9.17, 15) is 4.39 Å². The molecule has 5 heteroatoms. The lowest BCUT2D eigenvalue weighted by molar-refractivity contribution is 0.627. The van der Waals surface area contributed by atoms with Gasteiger partial charge in [-0.3, -0.25) is 0 Å². The maximum atomic E-state index is 14.1. The Morgan fingerprint density at radius 3 is 2.68 bits per heavy atom. The number of para-hydroxylation sites is 1. The smallest absolute Gasteiger partial charge is 0.147 e. The maximum Gasteiger partial charge on any atom is 0.147 e. The minimum atomic E-state index is -0.304. The second kappa shape index (κ2) is 9.40. The molecule has 3 N–H and O–H groups in total. The van der Waals surface area contributed by atoms with Crippen molar-refractivity contribution >= 4 is 33.7 Å². The highest BCUT2D eigenvalue weighted by atomic mass is 19.1. The number of hydrogen-bond acceptors (Lipinski definition) is 4. The SMILES string of the molecule is C=C(NC1=NC(c2cccc3ccccc23)Nc2ccccc21)c1cc(F)ccc1NCCC. The Hall–Kier alpha value is -4.12. The molecule has 0 fully saturated rings. The summed E-state index contributed by atoms with van der Waals surface area (Å²) in [5, 5.41) is 12.6. The predicted octanol–water partition coefficient (Wildman–Crippen LogP) is 6.93. The van der Waals surface area contributed by atoms with Crippen LogP contribution < -0.4 is 16.0 Å². The van der Waals surface area contributed by atoms with Crippen molar-refractivity contribution in [2.24, 2.45) is 4.99 Å². The van der Waals surface area contributed by atoms with Gasteiger partial charge in [-0.2, -0.15) is 0 Å². The Morgan fingerprint density at radius 1 is 1.00 bits per heavy atom. The standard InChI is InChI=1S/C29H27FN4/c1-3-17-31-26-16-15-21(30)18-25(26)19(2)32-29-24-12-6-7-14-27(24)33-28(34-29)23-13-8-10-20-9-4-5-11-22(20)23/h4-16,18,28,31,33H,2-3,17H2,1H3,(H,32,34). The van der Waals surface area contributed by atoms with Crippen LogP contribution in [-0.4, -0.2) is 12.4 Å². The van der Waals surface area contributed by atoms with Crippen LogP contribution in [0.15, 0.2) is 96.5 Å². The van der Waals surface area contributed by atoms with Gasteiger partial charge in [-0.15, -0.1) is 0 Å². The summed E-state index contributed by atoms with van der Waals surface area (Å²) >= 11 is 0. The molecule has 170 valence electrons. The molecule has 0 radical (unpaired) electrons. The fourth-order valence-electron chi connectivity index (χ4n) is 4.32. The highest BCUT2D eigenvalue weighted by Gasteiger charge is 2.23. The third kappa shape index (κ3) is 4.25. The Labute approximate surface area is 199 Å². The van der Waals surface area contributed by atoms with E-state index in [0.717, 1.165) is 40.9 Å². The third-order valence-electron chi connectivity index (χ3n) is 5.99. The molecule has 0 saturated carbocycles. The van der Waals surface area contributed by atoms with Crippen LogP contribution in [0.5, 0.6) is 0 Å². The first-order valence-electron chi connectivity index (χ1n) is 11.5. The Bertz CT molecular complexity index is 1390. The van der Waals surface area contributed by atoms with E-state index in [4.69, 9.17) is 4.99 Å². The molecule has 0 spiro atoms. The molecule has 1 unspecified atom stereocenters.